The molecule has 1 aromatic heterocycles. The predicted octanol–water partition coefficient (Wildman–Crippen LogP) is 2.87. The highest BCUT2D eigenvalue weighted by molar-refractivity contribution is 5.69. The summed E-state index contributed by atoms with van der Waals surface area (Å²) >= 11 is 0. The van der Waals surface area contributed by atoms with Gasteiger partial charge in [-0.15, -0.1) is 0 Å². The van der Waals surface area contributed by atoms with Crippen LogP contribution in [0.1, 0.15) is 17.2 Å². The van der Waals surface area contributed by atoms with E-state index >= 15 is 0 Å². The average molecular weight is 392 g/mol. The van der Waals surface area contributed by atoms with Crippen LogP contribution >= 0.6 is 0 Å². The van der Waals surface area contributed by atoms with Gasteiger partial charge in [0, 0.05) is 48.1 Å². The minimum absolute atomic E-state index is 0.00132. The Kier molecular flexibility index (Phi) is 5.57. The number of hydrogen-bond donors (Lipinski definition) is 2. The maximum atomic E-state index is 11.2. The summed E-state index contributed by atoms with van der Waals surface area (Å²) in [5.41, 5.74) is 3.52. The highest BCUT2D eigenvalue weighted by Crippen LogP contribution is 2.32. The first kappa shape index (κ1) is 19.1. The number of rotatable bonds is 5. The lowest BCUT2D eigenvalue weighted by Crippen LogP contribution is -2.33. The van der Waals surface area contributed by atoms with Gasteiger partial charge >= 0.3 is 0 Å². The Morgan fingerprint density at radius 1 is 1.21 bits per heavy atom. The zero-order valence-corrected chi connectivity index (χ0v) is 15.6. The fourth-order valence-corrected chi connectivity index (χ4v) is 3.34. The number of aliphatic hydroxyl groups is 1. The first-order chi connectivity index (χ1) is 14.2. The van der Waals surface area contributed by atoms with Gasteiger partial charge in [-0.05, 0) is 11.6 Å². The van der Waals surface area contributed by atoms with Crippen LogP contribution in [0.3, 0.4) is 0 Å². The first-order valence-corrected chi connectivity index (χ1v) is 9.30. The molecule has 1 unspecified atom stereocenters. The van der Waals surface area contributed by atoms with Gasteiger partial charge in [0.05, 0.1) is 29.9 Å². The summed E-state index contributed by atoms with van der Waals surface area (Å²) in [6.45, 7) is 1.88. The van der Waals surface area contributed by atoms with Crippen LogP contribution in [0.2, 0.25) is 0 Å². The second kappa shape index (κ2) is 8.44. The zero-order valence-electron chi connectivity index (χ0n) is 15.6. The van der Waals surface area contributed by atoms with Gasteiger partial charge in [0.25, 0.3) is 5.69 Å². The number of nitro benzene ring substituents is 1. The lowest BCUT2D eigenvalue weighted by atomic mass is 10.0. The van der Waals surface area contributed by atoms with Crippen LogP contribution in [-0.2, 0) is 11.3 Å². The third kappa shape index (κ3) is 4.14. The molecule has 4 rings (SSSR count). The Morgan fingerprint density at radius 3 is 2.79 bits per heavy atom. The third-order valence-corrected chi connectivity index (χ3v) is 4.79. The standard InChI is InChI=1S/C21H20N4O4/c26-13-14-3-1-5-16(9-14)21-23-11-18(19-12-22-7-8-29-19)20(24-21)15-4-2-6-17(10-15)25(27)28/h1-6,9-11,19,22,26H,7-8,12-13H2. The predicted molar refractivity (Wildman–Crippen MR) is 107 cm³/mol. The molecule has 2 heterocycles. The monoisotopic (exact) mass is 392 g/mol. The van der Waals surface area contributed by atoms with Crippen LogP contribution in [0.4, 0.5) is 5.69 Å². The number of hydrogen-bond acceptors (Lipinski definition) is 7. The molecule has 8 nitrogen and oxygen atoms in total. The molecule has 0 amide bonds. The van der Waals surface area contributed by atoms with E-state index in [-0.39, 0.29) is 18.4 Å². The van der Waals surface area contributed by atoms with Crippen molar-refractivity contribution in [2.24, 2.45) is 0 Å². The fourth-order valence-electron chi connectivity index (χ4n) is 3.34. The van der Waals surface area contributed by atoms with Crippen molar-refractivity contribution in [3.05, 3.63) is 76.0 Å². The van der Waals surface area contributed by atoms with E-state index in [1.54, 1.807) is 18.3 Å². The Bertz CT molecular complexity index is 1030. The molecule has 0 bridgehead atoms. The number of nitro groups is 1. The normalized spacial score (nSPS) is 16.5. The van der Waals surface area contributed by atoms with Crippen molar-refractivity contribution in [2.45, 2.75) is 12.7 Å². The summed E-state index contributed by atoms with van der Waals surface area (Å²) in [6.07, 6.45) is 1.48. The minimum Gasteiger partial charge on any atom is -0.392 e. The summed E-state index contributed by atoms with van der Waals surface area (Å²) in [4.78, 5) is 20.1. The van der Waals surface area contributed by atoms with Gasteiger partial charge in [-0.25, -0.2) is 9.97 Å². The highest BCUT2D eigenvalue weighted by atomic mass is 16.6. The van der Waals surface area contributed by atoms with Crippen molar-refractivity contribution < 1.29 is 14.8 Å². The van der Waals surface area contributed by atoms with E-state index in [0.29, 0.717) is 30.2 Å². The topological polar surface area (TPSA) is 110 Å². The minimum atomic E-state index is -0.422. The van der Waals surface area contributed by atoms with E-state index in [2.05, 4.69) is 10.3 Å². The summed E-state index contributed by atoms with van der Waals surface area (Å²) in [5, 5.41) is 23.9. The zero-order chi connectivity index (χ0) is 20.2. The molecule has 0 spiro atoms. The van der Waals surface area contributed by atoms with E-state index < -0.39 is 4.92 Å². The van der Waals surface area contributed by atoms with Gasteiger partial charge in [0.1, 0.15) is 0 Å². The maximum Gasteiger partial charge on any atom is 0.270 e. The number of aromatic nitrogens is 2. The molecule has 1 atom stereocenters. The molecule has 2 N–H and O–H groups in total. The average Bonchev–Trinajstić information content (AvgIpc) is 2.79. The van der Waals surface area contributed by atoms with Gasteiger partial charge in [0.2, 0.25) is 0 Å². The van der Waals surface area contributed by atoms with Gasteiger partial charge in [-0.3, -0.25) is 10.1 Å². The third-order valence-electron chi connectivity index (χ3n) is 4.79. The molecule has 1 aliphatic heterocycles. The molecule has 2 aromatic carbocycles. The lowest BCUT2D eigenvalue weighted by molar-refractivity contribution is -0.384. The molecule has 0 radical (unpaired) electrons. The molecule has 1 saturated heterocycles. The van der Waals surface area contributed by atoms with Crippen LogP contribution in [0, 0.1) is 10.1 Å². The quantitative estimate of drug-likeness (QED) is 0.507. The van der Waals surface area contributed by atoms with Gasteiger partial charge in [-0.1, -0.05) is 30.3 Å². The van der Waals surface area contributed by atoms with Crippen LogP contribution in [0.15, 0.2) is 54.7 Å². The lowest BCUT2D eigenvalue weighted by Gasteiger charge is -2.25. The van der Waals surface area contributed by atoms with E-state index in [0.717, 1.165) is 23.2 Å². The van der Waals surface area contributed by atoms with Crippen molar-refractivity contribution in [3.63, 3.8) is 0 Å². The summed E-state index contributed by atoms with van der Waals surface area (Å²) < 4.78 is 5.88. The van der Waals surface area contributed by atoms with Crippen molar-refractivity contribution >= 4 is 5.69 Å². The van der Waals surface area contributed by atoms with E-state index in [4.69, 9.17) is 9.72 Å². The molecule has 29 heavy (non-hydrogen) atoms. The largest absolute Gasteiger partial charge is 0.392 e. The van der Waals surface area contributed by atoms with Crippen molar-refractivity contribution in [1.82, 2.24) is 15.3 Å². The summed E-state index contributed by atoms with van der Waals surface area (Å²) in [6, 6.07) is 13.7. The van der Waals surface area contributed by atoms with Gasteiger partial charge in [0.15, 0.2) is 5.82 Å². The van der Waals surface area contributed by atoms with Crippen LogP contribution in [0.5, 0.6) is 0 Å². The molecule has 1 fully saturated rings. The summed E-state index contributed by atoms with van der Waals surface area (Å²) in [5.74, 6) is 0.481. The number of aliphatic hydroxyl groups excluding tert-OH is 1. The Morgan fingerprint density at radius 2 is 2.03 bits per heavy atom. The smallest absolute Gasteiger partial charge is 0.270 e. The van der Waals surface area contributed by atoms with Crippen molar-refractivity contribution in [3.8, 4) is 22.6 Å². The highest BCUT2D eigenvalue weighted by Gasteiger charge is 2.23. The number of benzene rings is 2. The number of nitrogens with zero attached hydrogens (tertiary/aromatic N) is 3. The Hall–Kier alpha value is -3.20. The molecular formula is C21H20N4O4. The number of non-ortho nitro benzene ring substituents is 1. The molecular weight excluding hydrogens is 372 g/mol. The molecule has 3 aromatic rings. The van der Waals surface area contributed by atoms with Crippen LogP contribution in [-0.4, -0.2) is 39.7 Å². The second-order valence-electron chi connectivity index (χ2n) is 6.73. The van der Waals surface area contributed by atoms with E-state index in [9.17, 15) is 15.2 Å². The first-order valence-electron chi connectivity index (χ1n) is 9.30. The number of ether oxygens (including phenoxy) is 1. The molecule has 0 saturated carbocycles. The number of nitrogens with one attached hydrogen (secondary N) is 1. The van der Waals surface area contributed by atoms with E-state index in [1.807, 2.05) is 24.3 Å². The second-order valence-corrected chi connectivity index (χ2v) is 6.73. The Balaban J connectivity index is 1.84. The number of morpholine rings is 1. The van der Waals surface area contributed by atoms with Crippen LogP contribution < -0.4 is 5.32 Å². The summed E-state index contributed by atoms with van der Waals surface area (Å²) in [7, 11) is 0. The van der Waals surface area contributed by atoms with E-state index in [1.165, 1.54) is 12.1 Å². The fraction of sp³-hybridized carbons (Fsp3) is 0.238. The van der Waals surface area contributed by atoms with Gasteiger partial charge in [-0.2, -0.15) is 0 Å². The SMILES string of the molecule is O=[N+]([O-])c1cccc(-c2nc(-c3cccc(CO)c3)ncc2C2CNCCO2)c1. The molecule has 1 aliphatic rings. The van der Waals surface area contributed by atoms with Gasteiger partial charge < -0.3 is 15.2 Å². The van der Waals surface area contributed by atoms with Crippen molar-refractivity contribution in [1.29, 1.82) is 0 Å². The Labute approximate surface area is 167 Å². The molecule has 8 heteroatoms. The molecule has 148 valence electrons. The van der Waals surface area contributed by atoms with Crippen LogP contribution in [0.25, 0.3) is 22.6 Å². The maximum absolute atomic E-state index is 11.2. The molecule has 0 aliphatic carbocycles. The van der Waals surface area contributed by atoms with Crippen molar-refractivity contribution in [2.75, 3.05) is 19.7 Å².